The van der Waals surface area contributed by atoms with E-state index in [4.69, 9.17) is 9.47 Å². The van der Waals surface area contributed by atoms with Crippen LogP contribution in [-0.2, 0) is 4.74 Å². The van der Waals surface area contributed by atoms with Crippen molar-refractivity contribution in [3.63, 3.8) is 0 Å². The van der Waals surface area contributed by atoms with Crippen molar-refractivity contribution in [3.8, 4) is 6.01 Å². The minimum atomic E-state index is 0.199. The molecule has 1 aromatic heterocycles. The molecule has 1 N–H and O–H groups in total. The fourth-order valence-corrected chi connectivity index (χ4v) is 2.12. The lowest BCUT2D eigenvalue weighted by atomic mass is 10.4. The summed E-state index contributed by atoms with van der Waals surface area (Å²) in [5.74, 6) is 1.26. The molecule has 0 amide bonds. The van der Waals surface area contributed by atoms with Gasteiger partial charge in [0, 0.05) is 19.6 Å². The van der Waals surface area contributed by atoms with Crippen molar-refractivity contribution in [2.24, 2.45) is 0 Å². The molecule has 0 atom stereocenters. The SMILES string of the molecule is CCNc1nc(OCCOC(C)C)nc(N2CCCC2)n1. The Morgan fingerprint density at radius 2 is 1.90 bits per heavy atom. The van der Waals surface area contributed by atoms with Crippen molar-refractivity contribution >= 4 is 11.9 Å². The first-order chi connectivity index (χ1) is 10.2. The van der Waals surface area contributed by atoms with E-state index in [1.54, 1.807) is 0 Å². The molecule has 0 unspecified atom stereocenters. The Balaban J connectivity index is 2.00. The molecule has 1 fully saturated rings. The van der Waals surface area contributed by atoms with Crippen molar-refractivity contribution in [1.29, 1.82) is 0 Å². The van der Waals surface area contributed by atoms with Gasteiger partial charge in [0.1, 0.15) is 6.61 Å². The molecule has 2 heterocycles. The minimum absolute atomic E-state index is 0.199. The van der Waals surface area contributed by atoms with E-state index in [9.17, 15) is 0 Å². The van der Waals surface area contributed by atoms with E-state index < -0.39 is 0 Å². The highest BCUT2D eigenvalue weighted by Crippen LogP contribution is 2.19. The predicted molar refractivity (Wildman–Crippen MR) is 82.0 cm³/mol. The molecule has 0 saturated carbocycles. The van der Waals surface area contributed by atoms with Gasteiger partial charge in [-0.1, -0.05) is 0 Å². The van der Waals surface area contributed by atoms with Gasteiger partial charge in [0.2, 0.25) is 11.9 Å². The first kappa shape index (κ1) is 15.8. The molecular weight excluding hydrogens is 270 g/mol. The van der Waals surface area contributed by atoms with Crippen LogP contribution in [0.25, 0.3) is 0 Å². The number of aromatic nitrogens is 3. The second-order valence-corrected chi connectivity index (χ2v) is 5.23. The molecular formula is C14H25N5O2. The third-order valence-corrected chi connectivity index (χ3v) is 3.09. The second-order valence-electron chi connectivity index (χ2n) is 5.23. The lowest BCUT2D eigenvalue weighted by Gasteiger charge is -2.16. The third kappa shape index (κ3) is 5.00. The zero-order chi connectivity index (χ0) is 15.1. The third-order valence-electron chi connectivity index (χ3n) is 3.09. The summed E-state index contributed by atoms with van der Waals surface area (Å²) in [6, 6.07) is 0.357. The fraction of sp³-hybridized carbons (Fsp3) is 0.786. The molecule has 2 rings (SSSR count). The van der Waals surface area contributed by atoms with Crippen LogP contribution < -0.4 is 15.0 Å². The normalized spacial score (nSPS) is 14.8. The van der Waals surface area contributed by atoms with Gasteiger partial charge in [0.05, 0.1) is 12.7 Å². The first-order valence-electron chi connectivity index (χ1n) is 7.68. The maximum Gasteiger partial charge on any atom is 0.323 e. The summed E-state index contributed by atoms with van der Waals surface area (Å²) >= 11 is 0. The van der Waals surface area contributed by atoms with E-state index in [0.29, 0.717) is 31.1 Å². The van der Waals surface area contributed by atoms with E-state index in [0.717, 1.165) is 19.6 Å². The maximum atomic E-state index is 5.59. The molecule has 1 aliphatic heterocycles. The summed E-state index contributed by atoms with van der Waals surface area (Å²) in [6.45, 7) is 9.72. The Morgan fingerprint density at radius 1 is 1.14 bits per heavy atom. The molecule has 1 aromatic rings. The van der Waals surface area contributed by atoms with Crippen molar-refractivity contribution in [1.82, 2.24) is 15.0 Å². The van der Waals surface area contributed by atoms with E-state index >= 15 is 0 Å². The summed E-state index contributed by atoms with van der Waals surface area (Å²) < 4.78 is 11.0. The Morgan fingerprint density at radius 3 is 2.57 bits per heavy atom. The predicted octanol–water partition coefficient (Wildman–Crippen LogP) is 1.71. The smallest absolute Gasteiger partial charge is 0.323 e. The molecule has 1 saturated heterocycles. The Hall–Kier alpha value is -1.63. The highest BCUT2D eigenvalue weighted by Gasteiger charge is 2.17. The highest BCUT2D eigenvalue weighted by molar-refractivity contribution is 5.39. The van der Waals surface area contributed by atoms with Gasteiger partial charge in [-0.15, -0.1) is 0 Å². The zero-order valence-electron chi connectivity index (χ0n) is 13.1. The van der Waals surface area contributed by atoms with Gasteiger partial charge in [-0.2, -0.15) is 15.0 Å². The van der Waals surface area contributed by atoms with Crippen LogP contribution in [0.1, 0.15) is 33.6 Å². The van der Waals surface area contributed by atoms with Gasteiger partial charge < -0.3 is 19.7 Å². The molecule has 0 radical (unpaired) electrons. The summed E-state index contributed by atoms with van der Waals surface area (Å²) in [5.41, 5.74) is 0. The van der Waals surface area contributed by atoms with E-state index in [1.165, 1.54) is 12.8 Å². The van der Waals surface area contributed by atoms with Crippen LogP contribution in [0.3, 0.4) is 0 Å². The van der Waals surface area contributed by atoms with Crippen molar-refractivity contribution in [2.75, 3.05) is 43.1 Å². The molecule has 1 aliphatic rings. The summed E-state index contributed by atoms with van der Waals surface area (Å²) in [4.78, 5) is 15.3. The average molecular weight is 295 g/mol. The summed E-state index contributed by atoms with van der Waals surface area (Å²) in [7, 11) is 0. The standard InChI is InChI=1S/C14H25N5O2/c1-4-15-12-16-13(19-7-5-6-8-19)18-14(17-12)21-10-9-20-11(2)3/h11H,4-10H2,1-3H3,(H,15,16,17,18). The van der Waals surface area contributed by atoms with Crippen molar-refractivity contribution in [3.05, 3.63) is 0 Å². The van der Waals surface area contributed by atoms with Gasteiger partial charge in [-0.3, -0.25) is 0 Å². The molecule has 0 aromatic carbocycles. The van der Waals surface area contributed by atoms with Gasteiger partial charge in [0.25, 0.3) is 0 Å². The highest BCUT2D eigenvalue weighted by atomic mass is 16.5. The van der Waals surface area contributed by atoms with Crippen LogP contribution >= 0.6 is 0 Å². The first-order valence-corrected chi connectivity index (χ1v) is 7.68. The van der Waals surface area contributed by atoms with E-state index in [1.807, 2.05) is 20.8 Å². The minimum Gasteiger partial charge on any atom is -0.461 e. The lowest BCUT2D eigenvalue weighted by Crippen LogP contribution is -2.22. The zero-order valence-corrected chi connectivity index (χ0v) is 13.1. The van der Waals surface area contributed by atoms with Crippen molar-refractivity contribution < 1.29 is 9.47 Å². The van der Waals surface area contributed by atoms with E-state index in [-0.39, 0.29) is 6.10 Å². The largest absolute Gasteiger partial charge is 0.461 e. The number of ether oxygens (including phenoxy) is 2. The molecule has 0 aliphatic carbocycles. The number of nitrogens with zero attached hydrogens (tertiary/aromatic N) is 4. The second kappa shape index (κ2) is 7.97. The van der Waals surface area contributed by atoms with Crippen LogP contribution in [0, 0.1) is 0 Å². The fourth-order valence-electron chi connectivity index (χ4n) is 2.12. The van der Waals surface area contributed by atoms with Crippen LogP contribution in [0.15, 0.2) is 0 Å². The van der Waals surface area contributed by atoms with Crippen LogP contribution in [-0.4, -0.2) is 53.9 Å². The van der Waals surface area contributed by atoms with Crippen LogP contribution in [0.4, 0.5) is 11.9 Å². The Bertz CT molecular complexity index is 435. The van der Waals surface area contributed by atoms with Crippen molar-refractivity contribution in [2.45, 2.75) is 39.7 Å². The molecule has 7 heteroatoms. The van der Waals surface area contributed by atoms with Gasteiger partial charge in [-0.05, 0) is 33.6 Å². The number of anilines is 2. The summed E-state index contributed by atoms with van der Waals surface area (Å²) in [5, 5.41) is 3.12. The Kier molecular flexibility index (Phi) is 5.98. The van der Waals surface area contributed by atoms with E-state index in [2.05, 4.69) is 25.2 Å². The molecule has 118 valence electrons. The average Bonchev–Trinajstić information content (AvgIpc) is 2.98. The lowest BCUT2D eigenvalue weighted by molar-refractivity contribution is 0.0531. The molecule has 0 bridgehead atoms. The number of hydrogen-bond donors (Lipinski definition) is 1. The van der Waals surface area contributed by atoms with Gasteiger partial charge in [0.15, 0.2) is 0 Å². The van der Waals surface area contributed by atoms with Crippen LogP contribution in [0.2, 0.25) is 0 Å². The van der Waals surface area contributed by atoms with Gasteiger partial charge >= 0.3 is 6.01 Å². The molecule has 0 spiro atoms. The quantitative estimate of drug-likeness (QED) is 0.732. The molecule has 21 heavy (non-hydrogen) atoms. The monoisotopic (exact) mass is 295 g/mol. The number of rotatable bonds is 8. The van der Waals surface area contributed by atoms with Crippen LogP contribution in [0.5, 0.6) is 6.01 Å². The maximum absolute atomic E-state index is 5.59. The number of hydrogen-bond acceptors (Lipinski definition) is 7. The van der Waals surface area contributed by atoms with Gasteiger partial charge in [-0.25, -0.2) is 0 Å². The number of nitrogens with one attached hydrogen (secondary N) is 1. The molecule has 7 nitrogen and oxygen atoms in total. The topological polar surface area (TPSA) is 72.4 Å². The summed E-state index contributed by atoms with van der Waals surface area (Å²) in [6.07, 6.45) is 2.56. The Labute approximate surface area is 126 Å².